The molecule has 2 nitrogen and oxygen atoms in total. The van der Waals surface area contributed by atoms with Crippen LogP contribution in [-0.4, -0.2) is 13.2 Å². The highest BCUT2D eigenvalue weighted by Gasteiger charge is 2.28. The van der Waals surface area contributed by atoms with Gasteiger partial charge in [-0.25, -0.2) is 0 Å². The molecule has 2 heteroatoms. The first-order valence-electron chi connectivity index (χ1n) is 8.73. The molecule has 0 heterocycles. The minimum absolute atomic E-state index is 0.118. The molecule has 0 radical (unpaired) electrons. The molecule has 0 amide bonds. The highest BCUT2D eigenvalue weighted by atomic mass is 16.5. The molecular formula is C23H28O2. The molecule has 25 heavy (non-hydrogen) atoms. The van der Waals surface area contributed by atoms with Crippen LogP contribution in [0, 0.1) is 5.41 Å². The van der Waals surface area contributed by atoms with Gasteiger partial charge in [-0.15, -0.1) is 13.2 Å². The van der Waals surface area contributed by atoms with Crippen molar-refractivity contribution in [3.8, 4) is 0 Å². The van der Waals surface area contributed by atoms with Crippen LogP contribution in [0.1, 0.15) is 24.0 Å². The molecule has 0 N–H and O–H groups in total. The molecule has 2 aromatic rings. The number of rotatable bonds is 12. The zero-order valence-corrected chi connectivity index (χ0v) is 14.9. The van der Waals surface area contributed by atoms with Crippen LogP contribution < -0.4 is 0 Å². The molecule has 0 spiro atoms. The van der Waals surface area contributed by atoms with E-state index < -0.39 is 0 Å². The van der Waals surface area contributed by atoms with E-state index in [0.29, 0.717) is 26.4 Å². The highest BCUT2D eigenvalue weighted by Crippen LogP contribution is 2.29. The van der Waals surface area contributed by atoms with Crippen molar-refractivity contribution in [2.24, 2.45) is 5.41 Å². The van der Waals surface area contributed by atoms with E-state index in [-0.39, 0.29) is 5.41 Å². The quantitative estimate of drug-likeness (QED) is 0.473. The number of benzene rings is 2. The fourth-order valence-corrected chi connectivity index (χ4v) is 2.89. The number of hydrogen-bond acceptors (Lipinski definition) is 2. The summed E-state index contributed by atoms with van der Waals surface area (Å²) in [6.07, 6.45) is 5.56. The van der Waals surface area contributed by atoms with Crippen LogP contribution in [0.5, 0.6) is 0 Å². The van der Waals surface area contributed by atoms with E-state index in [0.717, 1.165) is 12.8 Å². The zero-order chi connectivity index (χ0) is 17.8. The molecule has 0 aromatic heterocycles. The Hall–Kier alpha value is -2.16. The average Bonchev–Trinajstić information content (AvgIpc) is 2.64. The summed E-state index contributed by atoms with van der Waals surface area (Å²) in [5.74, 6) is 0. The smallest absolute Gasteiger partial charge is 0.0717 e. The predicted octanol–water partition coefficient (Wildman–Crippen LogP) is 5.56. The molecular weight excluding hydrogens is 308 g/mol. The minimum Gasteiger partial charge on any atom is -0.376 e. The van der Waals surface area contributed by atoms with Gasteiger partial charge in [0.25, 0.3) is 0 Å². The van der Waals surface area contributed by atoms with Crippen molar-refractivity contribution in [2.45, 2.75) is 26.1 Å². The standard InChI is InChI=1S/C23H28O2/c1-3-15-23(16-4-2,19-24-17-21-11-7-5-8-12-21)20-25-18-22-13-9-6-10-14-22/h3-14H,1-2,15-20H2. The van der Waals surface area contributed by atoms with Crippen molar-refractivity contribution in [1.29, 1.82) is 0 Å². The van der Waals surface area contributed by atoms with E-state index in [9.17, 15) is 0 Å². The molecule has 0 aliphatic heterocycles. The van der Waals surface area contributed by atoms with Crippen molar-refractivity contribution in [3.63, 3.8) is 0 Å². The van der Waals surface area contributed by atoms with Gasteiger partial charge in [0, 0.05) is 5.41 Å². The molecule has 132 valence electrons. The third kappa shape index (κ3) is 6.69. The first kappa shape index (κ1) is 19.2. The summed E-state index contributed by atoms with van der Waals surface area (Å²) >= 11 is 0. The monoisotopic (exact) mass is 336 g/mol. The molecule has 0 fully saturated rings. The molecule has 0 saturated heterocycles. The third-order valence-electron chi connectivity index (χ3n) is 4.19. The Morgan fingerprint density at radius 3 is 1.44 bits per heavy atom. The largest absolute Gasteiger partial charge is 0.376 e. The van der Waals surface area contributed by atoms with Gasteiger partial charge in [-0.3, -0.25) is 0 Å². The van der Waals surface area contributed by atoms with Crippen LogP contribution in [0.25, 0.3) is 0 Å². The van der Waals surface area contributed by atoms with E-state index in [1.807, 2.05) is 48.6 Å². The van der Waals surface area contributed by atoms with Crippen molar-refractivity contribution >= 4 is 0 Å². The second kappa shape index (κ2) is 10.7. The number of hydrogen-bond donors (Lipinski definition) is 0. The molecule has 0 aliphatic carbocycles. The van der Waals surface area contributed by atoms with Crippen LogP contribution >= 0.6 is 0 Å². The van der Waals surface area contributed by atoms with Gasteiger partial charge >= 0.3 is 0 Å². The Bertz CT molecular complexity index is 562. The van der Waals surface area contributed by atoms with Gasteiger partial charge in [-0.05, 0) is 24.0 Å². The van der Waals surface area contributed by atoms with E-state index in [1.54, 1.807) is 0 Å². The summed E-state index contributed by atoms with van der Waals surface area (Å²) in [5.41, 5.74) is 2.24. The van der Waals surface area contributed by atoms with Gasteiger partial charge in [0.05, 0.1) is 26.4 Å². The van der Waals surface area contributed by atoms with Crippen molar-refractivity contribution in [2.75, 3.05) is 13.2 Å². The van der Waals surface area contributed by atoms with Gasteiger partial charge in [0.1, 0.15) is 0 Å². The molecule has 2 rings (SSSR count). The fourth-order valence-electron chi connectivity index (χ4n) is 2.89. The number of allylic oxidation sites excluding steroid dienone is 2. The van der Waals surface area contributed by atoms with Crippen LogP contribution in [0.4, 0.5) is 0 Å². The first-order chi connectivity index (χ1) is 12.3. The van der Waals surface area contributed by atoms with Crippen LogP contribution in [0.2, 0.25) is 0 Å². The third-order valence-corrected chi connectivity index (χ3v) is 4.19. The van der Waals surface area contributed by atoms with Gasteiger partial charge in [0.15, 0.2) is 0 Å². The normalized spacial score (nSPS) is 11.2. The summed E-state index contributed by atoms with van der Waals surface area (Å²) in [7, 11) is 0. The van der Waals surface area contributed by atoms with Gasteiger partial charge in [-0.1, -0.05) is 72.8 Å². The van der Waals surface area contributed by atoms with Crippen LogP contribution in [0.15, 0.2) is 86.0 Å². The van der Waals surface area contributed by atoms with E-state index in [2.05, 4.69) is 37.4 Å². The van der Waals surface area contributed by atoms with E-state index in [4.69, 9.17) is 9.47 Å². The van der Waals surface area contributed by atoms with E-state index >= 15 is 0 Å². The SMILES string of the molecule is C=CCC(CC=C)(COCc1ccccc1)COCc1ccccc1. The highest BCUT2D eigenvalue weighted by molar-refractivity contribution is 5.14. The lowest BCUT2D eigenvalue weighted by Crippen LogP contribution is -2.31. The maximum atomic E-state index is 6.02. The second-order valence-electron chi connectivity index (χ2n) is 6.44. The maximum absolute atomic E-state index is 6.02. The molecule has 0 unspecified atom stereocenters. The van der Waals surface area contributed by atoms with Gasteiger partial charge < -0.3 is 9.47 Å². The van der Waals surface area contributed by atoms with E-state index in [1.165, 1.54) is 11.1 Å². The van der Waals surface area contributed by atoms with Gasteiger partial charge in [-0.2, -0.15) is 0 Å². The Balaban J connectivity index is 1.91. The van der Waals surface area contributed by atoms with Gasteiger partial charge in [0.2, 0.25) is 0 Å². The second-order valence-corrected chi connectivity index (χ2v) is 6.44. The molecule has 0 atom stereocenters. The lowest BCUT2D eigenvalue weighted by Gasteiger charge is -2.31. The topological polar surface area (TPSA) is 18.5 Å². The van der Waals surface area contributed by atoms with Crippen LogP contribution in [-0.2, 0) is 22.7 Å². The zero-order valence-electron chi connectivity index (χ0n) is 14.9. The summed E-state index contributed by atoms with van der Waals surface area (Å²) in [6.45, 7) is 10.3. The summed E-state index contributed by atoms with van der Waals surface area (Å²) < 4.78 is 12.0. The Morgan fingerprint density at radius 2 is 1.08 bits per heavy atom. The van der Waals surface area contributed by atoms with Crippen LogP contribution in [0.3, 0.4) is 0 Å². The molecule has 0 bridgehead atoms. The predicted molar refractivity (Wildman–Crippen MR) is 104 cm³/mol. The van der Waals surface area contributed by atoms with Crippen molar-refractivity contribution in [1.82, 2.24) is 0 Å². The Kier molecular flexibility index (Phi) is 8.17. The minimum atomic E-state index is -0.118. The molecule has 0 saturated carbocycles. The fraction of sp³-hybridized carbons (Fsp3) is 0.304. The Morgan fingerprint density at radius 1 is 0.680 bits per heavy atom. The molecule has 2 aromatic carbocycles. The van der Waals surface area contributed by atoms with Crippen molar-refractivity contribution in [3.05, 3.63) is 97.1 Å². The average molecular weight is 336 g/mol. The lowest BCUT2D eigenvalue weighted by molar-refractivity contribution is -0.0304. The van der Waals surface area contributed by atoms with Crippen molar-refractivity contribution < 1.29 is 9.47 Å². The summed E-state index contributed by atoms with van der Waals surface area (Å²) in [4.78, 5) is 0. The first-order valence-corrected chi connectivity index (χ1v) is 8.73. The molecule has 0 aliphatic rings. The Labute approximate surface area is 151 Å². The summed E-state index contributed by atoms with van der Waals surface area (Å²) in [5, 5.41) is 0. The number of ether oxygens (including phenoxy) is 2. The summed E-state index contributed by atoms with van der Waals surface area (Å²) in [6, 6.07) is 20.5. The lowest BCUT2D eigenvalue weighted by atomic mass is 9.82. The maximum Gasteiger partial charge on any atom is 0.0717 e.